The van der Waals surface area contributed by atoms with Crippen molar-refractivity contribution in [1.82, 2.24) is 0 Å². The second-order valence-electron chi connectivity index (χ2n) is 5.34. The second-order valence-corrected chi connectivity index (χ2v) is 6.29. The number of hydrogen-bond acceptors (Lipinski definition) is 4. The number of carbonyl (C=O) groups is 1. The highest BCUT2D eigenvalue weighted by molar-refractivity contribution is 7.12. The van der Waals surface area contributed by atoms with Crippen LogP contribution in [0.1, 0.15) is 10.4 Å². The summed E-state index contributed by atoms with van der Waals surface area (Å²) in [6.07, 6.45) is 0. The van der Waals surface area contributed by atoms with Gasteiger partial charge in [0.1, 0.15) is 5.69 Å². The highest BCUT2D eigenvalue weighted by Crippen LogP contribution is 2.22. The van der Waals surface area contributed by atoms with Crippen molar-refractivity contribution in [3.05, 3.63) is 88.6 Å². The number of thiophene rings is 1. The Morgan fingerprint density at radius 2 is 1.64 bits per heavy atom. The smallest absolute Gasteiger partial charge is 0.530 e. The summed E-state index contributed by atoms with van der Waals surface area (Å²) in [4.78, 5) is 14.9. The van der Waals surface area contributed by atoms with Crippen molar-refractivity contribution < 1.29 is 14.6 Å². The van der Waals surface area contributed by atoms with Crippen molar-refractivity contribution in [2.75, 3.05) is 4.90 Å². The summed E-state index contributed by atoms with van der Waals surface area (Å²) in [5.41, 5.74) is 1.93. The largest absolute Gasteiger partial charge is 0.824 e. The van der Waals surface area contributed by atoms with E-state index in [-0.39, 0.29) is 0 Å². The van der Waals surface area contributed by atoms with E-state index in [0.717, 1.165) is 15.3 Å². The van der Waals surface area contributed by atoms with Crippen molar-refractivity contribution in [3.63, 3.8) is 0 Å². The Kier molecular flexibility index (Phi) is 3.87. The van der Waals surface area contributed by atoms with Gasteiger partial charge in [-0.2, -0.15) is 4.79 Å². The number of rotatable bonds is 3. The van der Waals surface area contributed by atoms with E-state index in [1.165, 1.54) is 16.0 Å². The van der Waals surface area contributed by atoms with Gasteiger partial charge in [-0.1, -0.05) is 59.3 Å². The van der Waals surface area contributed by atoms with Crippen molar-refractivity contribution in [3.8, 4) is 0 Å². The number of urea groups is 1. The summed E-state index contributed by atoms with van der Waals surface area (Å²) in [6.45, 7) is 0. The third-order valence-electron chi connectivity index (χ3n) is 3.78. The minimum Gasteiger partial charge on any atom is -0.824 e. The van der Waals surface area contributed by atoms with Crippen molar-refractivity contribution in [2.45, 2.75) is 0 Å². The average Bonchev–Trinajstić information content (AvgIpc) is 3.26. The van der Waals surface area contributed by atoms with Gasteiger partial charge in [0.2, 0.25) is 6.02 Å². The van der Waals surface area contributed by atoms with Crippen LogP contribution >= 0.6 is 11.3 Å². The Labute approximate surface area is 148 Å². The van der Waals surface area contributed by atoms with Gasteiger partial charge >= 0.3 is 6.03 Å². The molecule has 122 valence electrons. The molecule has 0 spiro atoms. The minimum absolute atomic E-state index is 0.483. The Morgan fingerprint density at radius 1 is 0.960 bits per heavy atom. The molecular weight excluding hydrogens is 334 g/mol. The van der Waals surface area contributed by atoms with Crippen LogP contribution in [0.3, 0.4) is 0 Å². The Hall–Kier alpha value is -3.25. The molecule has 0 atom stereocenters. The zero-order valence-electron chi connectivity index (χ0n) is 13.1. The predicted octanol–water partition coefficient (Wildman–Crippen LogP) is 2.87. The van der Waals surface area contributed by atoms with Crippen LogP contribution in [0.4, 0.5) is 10.5 Å². The van der Waals surface area contributed by atoms with Crippen LogP contribution in [0.2, 0.25) is 0 Å². The number of carbonyl (C=O) groups excluding carboxylic acids is 1. The fraction of sp³-hybridized carbons (Fsp3) is 0. The normalized spacial score (nSPS) is 16.1. The van der Waals surface area contributed by atoms with Gasteiger partial charge in [-0.05, 0) is 28.7 Å². The number of anilines is 1. The fourth-order valence-electron chi connectivity index (χ4n) is 2.67. The van der Waals surface area contributed by atoms with E-state index in [9.17, 15) is 9.90 Å². The molecule has 0 radical (unpaired) electrons. The molecule has 0 saturated heterocycles. The van der Waals surface area contributed by atoms with Gasteiger partial charge < -0.3 is 5.11 Å². The van der Waals surface area contributed by atoms with Crippen LogP contribution in [0.25, 0.3) is 0 Å². The number of benzene rings is 2. The Morgan fingerprint density at radius 3 is 2.28 bits per heavy atom. The fourth-order valence-corrected chi connectivity index (χ4v) is 3.45. The maximum Gasteiger partial charge on any atom is 0.530 e. The van der Waals surface area contributed by atoms with Crippen LogP contribution in [0.5, 0.6) is 0 Å². The highest BCUT2D eigenvalue weighted by Gasteiger charge is 2.39. The summed E-state index contributed by atoms with van der Waals surface area (Å²) in [6, 6.07) is 21.0. The zero-order valence-corrected chi connectivity index (χ0v) is 13.9. The second kappa shape index (κ2) is 6.33. The molecule has 1 aliphatic heterocycles. The lowest BCUT2D eigenvalue weighted by Crippen LogP contribution is -2.40. The molecule has 5 nitrogen and oxygen atoms in total. The lowest BCUT2D eigenvalue weighted by Gasteiger charge is -2.10. The molecule has 0 fully saturated rings. The molecule has 1 aliphatic rings. The molecule has 6 heteroatoms. The molecule has 1 aromatic heterocycles. The van der Waals surface area contributed by atoms with E-state index < -0.39 is 12.1 Å². The van der Waals surface area contributed by atoms with Gasteiger partial charge in [-0.3, -0.25) is 0 Å². The molecule has 2 amide bonds. The average molecular weight is 347 g/mol. The van der Waals surface area contributed by atoms with E-state index in [1.54, 1.807) is 24.3 Å². The first-order valence-electron chi connectivity index (χ1n) is 7.67. The molecular formula is C19H13N3O2S. The lowest BCUT2D eigenvalue weighted by molar-refractivity contribution is -0.426. The number of para-hydroxylation sites is 1. The maximum atomic E-state index is 12.9. The number of nitrogens with zero attached hydrogens (tertiary/aromatic N) is 3. The van der Waals surface area contributed by atoms with Crippen LogP contribution in [0.15, 0.2) is 83.3 Å². The van der Waals surface area contributed by atoms with Gasteiger partial charge in [0, 0.05) is 5.56 Å². The zero-order chi connectivity index (χ0) is 17.2. The van der Waals surface area contributed by atoms with E-state index in [0.29, 0.717) is 11.4 Å². The van der Waals surface area contributed by atoms with Crippen LogP contribution in [-0.4, -0.2) is 22.4 Å². The molecule has 0 aliphatic carbocycles. The SMILES string of the molecule is O=C1N(c2ccccc2)C([O-])=N/[N+]1=C(/c1ccccc1)c1cccs1. The van der Waals surface area contributed by atoms with Crippen LogP contribution in [-0.2, 0) is 0 Å². The van der Waals surface area contributed by atoms with Crippen molar-refractivity contribution in [2.24, 2.45) is 5.10 Å². The molecule has 3 aromatic rings. The number of amides is 2. The number of hydrogen-bond donors (Lipinski definition) is 0. The summed E-state index contributed by atoms with van der Waals surface area (Å²) < 4.78 is 1.19. The van der Waals surface area contributed by atoms with Gasteiger partial charge in [-0.15, -0.1) is 16.2 Å². The standard InChI is InChI=1S/C19H13N3O2S/c23-18-20-22(19(24)21(18)15-10-5-2-6-11-15)17(16-12-7-13-25-16)14-8-3-1-4-9-14/h1-13H/b22-17-. The molecule has 4 rings (SSSR count). The van der Waals surface area contributed by atoms with E-state index in [4.69, 9.17) is 0 Å². The van der Waals surface area contributed by atoms with Crippen molar-refractivity contribution >= 4 is 34.8 Å². The monoisotopic (exact) mass is 347 g/mol. The molecule has 2 heterocycles. The third-order valence-corrected chi connectivity index (χ3v) is 4.65. The topological polar surface area (TPSA) is 58.7 Å². The first-order chi connectivity index (χ1) is 12.3. The lowest BCUT2D eigenvalue weighted by atomic mass is 10.1. The highest BCUT2D eigenvalue weighted by atomic mass is 32.1. The molecule has 0 N–H and O–H groups in total. The van der Waals surface area contributed by atoms with E-state index in [2.05, 4.69) is 5.10 Å². The number of hydrazone groups is 1. The summed E-state index contributed by atoms with van der Waals surface area (Å²) in [7, 11) is 0. The molecule has 0 bridgehead atoms. The third kappa shape index (κ3) is 2.72. The first kappa shape index (κ1) is 15.3. The Balaban J connectivity index is 1.89. The maximum absolute atomic E-state index is 12.9. The quantitative estimate of drug-likeness (QED) is 0.684. The van der Waals surface area contributed by atoms with Gasteiger partial charge in [0.05, 0.1) is 4.88 Å². The van der Waals surface area contributed by atoms with E-state index >= 15 is 0 Å². The van der Waals surface area contributed by atoms with E-state index in [1.807, 2.05) is 53.9 Å². The Bertz CT molecular complexity index is 964. The molecule has 0 saturated carbocycles. The molecule has 0 unspecified atom stereocenters. The molecule has 25 heavy (non-hydrogen) atoms. The van der Waals surface area contributed by atoms with Gasteiger partial charge in [0.15, 0.2) is 5.71 Å². The minimum atomic E-state index is -0.596. The summed E-state index contributed by atoms with van der Waals surface area (Å²) in [5.74, 6) is 0. The summed E-state index contributed by atoms with van der Waals surface area (Å²) >= 11 is 1.49. The molecule has 2 aromatic carbocycles. The van der Waals surface area contributed by atoms with Crippen LogP contribution < -0.4 is 10.0 Å². The van der Waals surface area contributed by atoms with Crippen LogP contribution in [0, 0.1) is 0 Å². The van der Waals surface area contributed by atoms with Gasteiger partial charge in [-0.25, -0.2) is 0 Å². The van der Waals surface area contributed by atoms with Crippen molar-refractivity contribution in [1.29, 1.82) is 0 Å². The summed E-state index contributed by atoms with van der Waals surface area (Å²) in [5, 5.41) is 18.3. The predicted molar refractivity (Wildman–Crippen MR) is 96.0 cm³/mol. The first-order valence-corrected chi connectivity index (χ1v) is 8.55. The number of amidine groups is 1. The van der Waals surface area contributed by atoms with Gasteiger partial charge in [0.25, 0.3) is 0 Å².